The lowest BCUT2D eigenvalue weighted by atomic mass is 10.0. The Labute approximate surface area is 126 Å². The molecule has 118 valence electrons. The second-order valence-corrected chi connectivity index (χ2v) is 5.94. The number of nitrogens with zero attached hydrogens (tertiary/aromatic N) is 3. The number of aromatic nitrogens is 3. The SMILES string of the molecule is CCC(CN)CC(=O)NC(C)c1nnc2n1CCCCC2. The van der Waals surface area contributed by atoms with E-state index in [4.69, 9.17) is 5.73 Å². The highest BCUT2D eigenvalue weighted by Gasteiger charge is 2.21. The van der Waals surface area contributed by atoms with Crippen LogP contribution in [0.25, 0.3) is 0 Å². The molecule has 6 nitrogen and oxygen atoms in total. The van der Waals surface area contributed by atoms with Crippen LogP contribution in [-0.4, -0.2) is 27.2 Å². The molecule has 0 saturated heterocycles. The van der Waals surface area contributed by atoms with Crippen LogP contribution in [0.5, 0.6) is 0 Å². The predicted octanol–water partition coefficient (Wildman–Crippen LogP) is 1.56. The van der Waals surface area contributed by atoms with Crippen LogP contribution in [0.4, 0.5) is 0 Å². The minimum absolute atomic E-state index is 0.0470. The van der Waals surface area contributed by atoms with Gasteiger partial charge in [0.05, 0.1) is 6.04 Å². The molecule has 0 aromatic carbocycles. The summed E-state index contributed by atoms with van der Waals surface area (Å²) >= 11 is 0. The molecule has 2 rings (SSSR count). The third kappa shape index (κ3) is 4.03. The summed E-state index contributed by atoms with van der Waals surface area (Å²) in [7, 11) is 0. The fourth-order valence-electron chi connectivity index (χ4n) is 2.85. The molecule has 1 aliphatic heterocycles. The van der Waals surface area contributed by atoms with E-state index in [-0.39, 0.29) is 17.9 Å². The summed E-state index contributed by atoms with van der Waals surface area (Å²) in [6.07, 6.45) is 5.96. The van der Waals surface area contributed by atoms with E-state index >= 15 is 0 Å². The molecule has 0 spiro atoms. The highest BCUT2D eigenvalue weighted by molar-refractivity contribution is 5.76. The Bertz CT molecular complexity index is 467. The highest BCUT2D eigenvalue weighted by atomic mass is 16.1. The number of nitrogens with two attached hydrogens (primary N) is 1. The first-order valence-corrected chi connectivity index (χ1v) is 8.07. The van der Waals surface area contributed by atoms with Crippen molar-refractivity contribution in [1.29, 1.82) is 0 Å². The first-order chi connectivity index (χ1) is 10.2. The van der Waals surface area contributed by atoms with Crippen LogP contribution in [-0.2, 0) is 17.8 Å². The molecular formula is C15H27N5O. The fourth-order valence-corrected chi connectivity index (χ4v) is 2.85. The van der Waals surface area contributed by atoms with Gasteiger partial charge in [0.15, 0.2) is 5.82 Å². The second-order valence-electron chi connectivity index (χ2n) is 5.94. The average molecular weight is 293 g/mol. The molecule has 0 aliphatic carbocycles. The van der Waals surface area contributed by atoms with E-state index in [0.717, 1.165) is 37.5 Å². The molecule has 0 bridgehead atoms. The van der Waals surface area contributed by atoms with Gasteiger partial charge in [-0.25, -0.2) is 0 Å². The fraction of sp³-hybridized carbons (Fsp3) is 0.800. The minimum atomic E-state index is -0.105. The Morgan fingerprint density at radius 1 is 1.38 bits per heavy atom. The van der Waals surface area contributed by atoms with Gasteiger partial charge in [0.25, 0.3) is 0 Å². The maximum Gasteiger partial charge on any atom is 0.220 e. The Balaban J connectivity index is 1.98. The summed E-state index contributed by atoms with van der Waals surface area (Å²) in [6, 6.07) is -0.105. The van der Waals surface area contributed by atoms with Crippen molar-refractivity contribution in [2.45, 2.75) is 65.0 Å². The van der Waals surface area contributed by atoms with E-state index in [2.05, 4.69) is 27.0 Å². The normalized spacial score (nSPS) is 17.7. The molecule has 1 aliphatic rings. The zero-order valence-corrected chi connectivity index (χ0v) is 13.1. The molecule has 21 heavy (non-hydrogen) atoms. The third-order valence-electron chi connectivity index (χ3n) is 4.29. The van der Waals surface area contributed by atoms with E-state index < -0.39 is 0 Å². The molecule has 3 N–H and O–H groups in total. The predicted molar refractivity (Wildman–Crippen MR) is 81.6 cm³/mol. The summed E-state index contributed by atoms with van der Waals surface area (Å²) in [5.41, 5.74) is 5.66. The van der Waals surface area contributed by atoms with Crippen molar-refractivity contribution in [3.8, 4) is 0 Å². The topological polar surface area (TPSA) is 85.8 Å². The van der Waals surface area contributed by atoms with Gasteiger partial charge in [-0.3, -0.25) is 4.79 Å². The van der Waals surface area contributed by atoms with E-state index in [1.807, 2.05) is 6.92 Å². The maximum atomic E-state index is 12.1. The van der Waals surface area contributed by atoms with Gasteiger partial charge in [0.1, 0.15) is 5.82 Å². The van der Waals surface area contributed by atoms with E-state index in [9.17, 15) is 4.79 Å². The summed E-state index contributed by atoms with van der Waals surface area (Å²) in [5.74, 6) is 2.23. The number of rotatable bonds is 6. The summed E-state index contributed by atoms with van der Waals surface area (Å²) < 4.78 is 2.18. The summed E-state index contributed by atoms with van der Waals surface area (Å²) in [5, 5.41) is 11.6. The van der Waals surface area contributed by atoms with Gasteiger partial charge in [-0.15, -0.1) is 10.2 Å². The van der Waals surface area contributed by atoms with Crippen molar-refractivity contribution in [3.63, 3.8) is 0 Å². The Kier molecular flexibility index (Phi) is 5.73. The Hall–Kier alpha value is -1.43. The maximum absolute atomic E-state index is 12.1. The minimum Gasteiger partial charge on any atom is -0.346 e. The average Bonchev–Trinajstić information content (AvgIpc) is 2.74. The first kappa shape index (κ1) is 15.9. The lowest BCUT2D eigenvalue weighted by Crippen LogP contribution is -2.31. The van der Waals surface area contributed by atoms with Crippen molar-refractivity contribution >= 4 is 5.91 Å². The molecule has 2 heterocycles. The van der Waals surface area contributed by atoms with Crippen LogP contribution in [0.15, 0.2) is 0 Å². The van der Waals surface area contributed by atoms with Crippen LogP contribution < -0.4 is 11.1 Å². The quantitative estimate of drug-likeness (QED) is 0.833. The van der Waals surface area contributed by atoms with Crippen LogP contribution in [0.2, 0.25) is 0 Å². The zero-order chi connectivity index (χ0) is 15.2. The van der Waals surface area contributed by atoms with Crippen molar-refractivity contribution in [1.82, 2.24) is 20.1 Å². The number of hydrogen-bond donors (Lipinski definition) is 2. The van der Waals surface area contributed by atoms with E-state index in [1.54, 1.807) is 0 Å². The largest absolute Gasteiger partial charge is 0.346 e. The highest BCUT2D eigenvalue weighted by Crippen LogP contribution is 2.19. The van der Waals surface area contributed by atoms with Crippen LogP contribution in [0.3, 0.4) is 0 Å². The molecule has 2 atom stereocenters. The van der Waals surface area contributed by atoms with E-state index in [0.29, 0.717) is 13.0 Å². The molecule has 0 saturated carbocycles. The van der Waals surface area contributed by atoms with Crippen molar-refractivity contribution in [2.75, 3.05) is 6.54 Å². The van der Waals surface area contributed by atoms with E-state index in [1.165, 1.54) is 12.8 Å². The zero-order valence-electron chi connectivity index (χ0n) is 13.1. The van der Waals surface area contributed by atoms with Crippen LogP contribution >= 0.6 is 0 Å². The van der Waals surface area contributed by atoms with Crippen molar-refractivity contribution in [2.24, 2.45) is 11.7 Å². The molecule has 0 radical (unpaired) electrons. The lowest BCUT2D eigenvalue weighted by Gasteiger charge is -2.17. The van der Waals surface area contributed by atoms with Crippen molar-refractivity contribution in [3.05, 3.63) is 11.6 Å². The van der Waals surface area contributed by atoms with Crippen LogP contribution in [0, 0.1) is 5.92 Å². The number of nitrogens with one attached hydrogen (secondary N) is 1. The summed E-state index contributed by atoms with van der Waals surface area (Å²) in [6.45, 7) is 5.55. The molecule has 2 unspecified atom stereocenters. The molecule has 1 aromatic rings. The van der Waals surface area contributed by atoms with Gasteiger partial charge in [-0.1, -0.05) is 19.8 Å². The van der Waals surface area contributed by atoms with Gasteiger partial charge in [-0.05, 0) is 32.2 Å². The summed E-state index contributed by atoms with van der Waals surface area (Å²) in [4.78, 5) is 12.1. The Morgan fingerprint density at radius 2 is 2.19 bits per heavy atom. The molecule has 1 amide bonds. The van der Waals surface area contributed by atoms with Gasteiger partial charge in [-0.2, -0.15) is 0 Å². The van der Waals surface area contributed by atoms with Crippen LogP contribution in [0.1, 0.15) is 63.6 Å². The van der Waals surface area contributed by atoms with Gasteiger partial charge in [0.2, 0.25) is 5.91 Å². The molecule has 6 heteroatoms. The van der Waals surface area contributed by atoms with Gasteiger partial charge in [0, 0.05) is 19.4 Å². The number of fused-ring (bicyclic) bond motifs is 1. The molecule has 0 fully saturated rings. The van der Waals surface area contributed by atoms with Crippen molar-refractivity contribution < 1.29 is 4.79 Å². The number of hydrogen-bond acceptors (Lipinski definition) is 4. The smallest absolute Gasteiger partial charge is 0.220 e. The molecular weight excluding hydrogens is 266 g/mol. The lowest BCUT2D eigenvalue weighted by molar-refractivity contribution is -0.122. The first-order valence-electron chi connectivity index (χ1n) is 8.07. The standard InChI is InChI=1S/C15H27N5O/c1-3-12(10-16)9-14(21)17-11(2)15-19-18-13-7-5-4-6-8-20(13)15/h11-12H,3-10,16H2,1-2H3,(H,17,21). The molecule has 1 aromatic heterocycles. The number of amides is 1. The van der Waals surface area contributed by atoms with Gasteiger partial charge < -0.3 is 15.6 Å². The van der Waals surface area contributed by atoms with Gasteiger partial charge >= 0.3 is 0 Å². The number of carbonyl (C=O) groups excluding carboxylic acids is 1. The number of carbonyl (C=O) groups is 1. The third-order valence-corrected chi connectivity index (χ3v) is 4.29. The Morgan fingerprint density at radius 3 is 2.90 bits per heavy atom. The monoisotopic (exact) mass is 293 g/mol. The number of aryl methyl sites for hydroxylation is 1. The second kappa shape index (κ2) is 7.54.